The van der Waals surface area contributed by atoms with Crippen LogP contribution in [0.1, 0.15) is 40.8 Å². The zero-order valence-electron chi connectivity index (χ0n) is 23.1. The van der Waals surface area contributed by atoms with Crippen molar-refractivity contribution in [2.75, 3.05) is 31.3 Å². The number of ether oxygens (including phenoxy) is 1. The van der Waals surface area contributed by atoms with Crippen LogP contribution in [-0.2, 0) is 11.4 Å². The molecule has 0 unspecified atom stereocenters. The molecule has 0 fully saturated rings. The molecule has 1 amide bonds. The Kier molecular flexibility index (Phi) is 8.90. The summed E-state index contributed by atoms with van der Waals surface area (Å²) in [4.78, 5) is 23.4. The third kappa shape index (κ3) is 6.71. The van der Waals surface area contributed by atoms with E-state index < -0.39 is 0 Å². The SMILES string of the molecule is Cc1cc2ncc(C#N)c(Nc3ccc(OCc4ncccc4C)c(C#N)c3)c2cc1NC(=O)CCCN(C)C. The molecule has 0 atom stereocenters. The van der Waals surface area contributed by atoms with Crippen LogP contribution in [0.4, 0.5) is 17.1 Å². The first kappa shape index (κ1) is 28.0. The van der Waals surface area contributed by atoms with E-state index in [1.165, 1.54) is 6.20 Å². The molecule has 2 heterocycles. The fourth-order valence-corrected chi connectivity index (χ4v) is 4.25. The van der Waals surface area contributed by atoms with Crippen molar-refractivity contribution in [1.82, 2.24) is 14.9 Å². The lowest BCUT2D eigenvalue weighted by Gasteiger charge is -2.16. The van der Waals surface area contributed by atoms with Gasteiger partial charge in [-0.15, -0.1) is 0 Å². The van der Waals surface area contributed by atoms with Gasteiger partial charge < -0.3 is 20.3 Å². The Balaban J connectivity index is 1.61. The van der Waals surface area contributed by atoms with Crippen molar-refractivity contribution in [2.45, 2.75) is 33.3 Å². The van der Waals surface area contributed by atoms with E-state index >= 15 is 0 Å². The number of benzene rings is 2. The molecule has 0 spiro atoms. The minimum Gasteiger partial charge on any atom is -0.486 e. The first-order valence-electron chi connectivity index (χ1n) is 12.9. The van der Waals surface area contributed by atoms with Gasteiger partial charge in [-0.25, -0.2) is 0 Å². The topological polar surface area (TPSA) is 127 Å². The summed E-state index contributed by atoms with van der Waals surface area (Å²) in [5.41, 5.74) is 5.84. The molecule has 2 aromatic heterocycles. The number of nitrogens with zero attached hydrogens (tertiary/aromatic N) is 5. The predicted molar refractivity (Wildman–Crippen MR) is 155 cm³/mol. The highest BCUT2D eigenvalue weighted by Gasteiger charge is 2.15. The second-order valence-electron chi connectivity index (χ2n) is 9.80. The van der Waals surface area contributed by atoms with Gasteiger partial charge in [0.1, 0.15) is 24.5 Å². The third-order valence-corrected chi connectivity index (χ3v) is 6.47. The number of nitrogens with one attached hydrogen (secondary N) is 2. The summed E-state index contributed by atoms with van der Waals surface area (Å²) in [7, 11) is 3.95. The lowest BCUT2D eigenvalue weighted by atomic mass is 10.0. The maximum Gasteiger partial charge on any atom is 0.224 e. The van der Waals surface area contributed by atoms with E-state index in [1.807, 2.05) is 57.1 Å². The highest BCUT2D eigenvalue weighted by molar-refractivity contribution is 6.01. The molecule has 0 saturated heterocycles. The molecule has 2 N–H and O–H groups in total. The number of fused-ring (bicyclic) bond motifs is 1. The summed E-state index contributed by atoms with van der Waals surface area (Å²) >= 11 is 0. The van der Waals surface area contributed by atoms with Gasteiger partial charge in [0, 0.05) is 35.6 Å². The van der Waals surface area contributed by atoms with Crippen molar-refractivity contribution in [2.24, 2.45) is 0 Å². The predicted octanol–water partition coefficient (Wildman–Crippen LogP) is 5.59. The Hall–Kier alpha value is -4.99. The number of rotatable bonds is 10. The van der Waals surface area contributed by atoms with E-state index in [9.17, 15) is 15.3 Å². The Morgan fingerprint density at radius 2 is 1.82 bits per heavy atom. The third-order valence-electron chi connectivity index (χ3n) is 6.47. The number of carbonyl (C=O) groups is 1. The summed E-state index contributed by atoms with van der Waals surface area (Å²) in [6.45, 7) is 4.93. The molecule has 40 heavy (non-hydrogen) atoms. The van der Waals surface area contributed by atoms with Crippen LogP contribution in [0.5, 0.6) is 5.75 Å². The minimum atomic E-state index is -0.0710. The van der Waals surface area contributed by atoms with E-state index in [1.54, 1.807) is 24.4 Å². The fraction of sp³-hybridized carbons (Fsp3) is 0.258. The molecule has 9 nitrogen and oxygen atoms in total. The van der Waals surface area contributed by atoms with Gasteiger partial charge in [0.15, 0.2) is 0 Å². The summed E-state index contributed by atoms with van der Waals surface area (Å²) < 4.78 is 5.90. The van der Waals surface area contributed by atoms with Crippen molar-refractivity contribution in [1.29, 1.82) is 10.5 Å². The summed E-state index contributed by atoms with van der Waals surface area (Å²) in [5, 5.41) is 26.6. The standard InChI is InChI=1S/C31H31N7O2/c1-20-7-5-11-34-28(20)19-40-29-10-9-24(14-22(29)16-32)36-31-23(17-33)18-35-27-13-21(2)26(15-25(27)31)37-30(39)8-6-12-38(3)4/h5,7,9-11,13-15,18H,6,8,12,19H2,1-4H3,(H,35,36)(H,37,39). The van der Waals surface area contributed by atoms with Gasteiger partial charge in [-0.2, -0.15) is 10.5 Å². The first-order chi connectivity index (χ1) is 19.3. The van der Waals surface area contributed by atoms with E-state index in [-0.39, 0.29) is 12.5 Å². The zero-order chi connectivity index (χ0) is 28.6. The first-order valence-corrected chi connectivity index (χ1v) is 12.9. The van der Waals surface area contributed by atoms with Crippen molar-refractivity contribution < 1.29 is 9.53 Å². The molecule has 0 aliphatic heterocycles. The van der Waals surface area contributed by atoms with Gasteiger partial charge in [0.2, 0.25) is 5.91 Å². The molecule has 202 valence electrons. The van der Waals surface area contributed by atoms with Gasteiger partial charge in [-0.05, 0) is 88.4 Å². The van der Waals surface area contributed by atoms with Gasteiger partial charge in [0.25, 0.3) is 0 Å². The average Bonchev–Trinajstić information content (AvgIpc) is 2.93. The molecule has 0 aliphatic rings. The molecule has 0 bridgehead atoms. The highest BCUT2D eigenvalue weighted by Crippen LogP contribution is 2.34. The number of carbonyl (C=O) groups excluding carboxylic acids is 1. The molecule has 0 aliphatic carbocycles. The number of aromatic nitrogens is 2. The van der Waals surface area contributed by atoms with E-state index in [2.05, 4.69) is 32.7 Å². The van der Waals surface area contributed by atoms with Crippen molar-refractivity contribution >= 4 is 33.9 Å². The lowest BCUT2D eigenvalue weighted by Crippen LogP contribution is -2.17. The van der Waals surface area contributed by atoms with Crippen LogP contribution < -0.4 is 15.4 Å². The fourth-order valence-electron chi connectivity index (χ4n) is 4.25. The average molecular weight is 534 g/mol. The number of anilines is 3. The van der Waals surface area contributed by atoms with Gasteiger partial charge >= 0.3 is 0 Å². The van der Waals surface area contributed by atoms with Crippen LogP contribution in [0.3, 0.4) is 0 Å². The zero-order valence-corrected chi connectivity index (χ0v) is 23.1. The number of hydrogen-bond donors (Lipinski definition) is 2. The van der Waals surface area contributed by atoms with E-state index in [0.29, 0.717) is 51.3 Å². The molecule has 0 saturated carbocycles. The monoisotopic (exact) mass is 533 g/mol. The molecule has 9 heteroatoms. The summed E-state index contributed by atoms with van der Waals surface area (Å²) in [6.07, 6.45) is 4.38. The molecular formula is C31H31N7O2. The lowest BCUT2D eigenvalue weighted by molar-refractivity contribution is -0.116. The molecule has 2 aromatic carbocycles. The Morgan fingerprint density at radius 1 is 1.02 bits per heavy atom. The molecular weight excluding hydrogens is 502 g/mol. The van der Waals surface area contributed by atoms with Crippen molar-refractivity contribution in [3.05, 3.63) is 82.8 Å². The largest absolute Gasteiger partial charge is 0.486 e. The molecule has 4 aromatic rings. The van der Waals surface area contributed by atoms with E-state index in [0.717, 1.165) is 29.8 Å². The van der Waals surface area contributed by atoms with Crippen LogP contribution in [0, 0.1) is 36.5 Å². The Labute approximate surface area is 234 Å². The van der Waals surface area contributed by atoms with Gasteiger partial charge in [0.05, 0.1) is 28.0 Å². The van der Waals surface area contributed by atoms with Crippen molar-refractivity contribution in [3.63, 3.8) is 0 Å². The maximum atomic E-state index is 12.6. The normalized spacial score (nSPS) is 10.7. The number of nitriles is 2. The van der Waals surface area contributed by atoms with E-state index in [4.69, 9.17) is 4.74 Å². The van der Waals surface area contributed by atoms with Crippen LogP contribution in [-0.4, -0.2) is 41.4 Å². The number of amides is 1. The maximum absolute atomic E-state index is 12.6. The quantitative estimate of drug-likeness (QED) is 0.270. The Morgan fingerprint density at radius 3 is 2.55 bits per heavy atom. The summed E-state index contributed by atoms with van der Waals surface area (Å²) in [5.74, 6) is 0.367. The van der Waals surface area contributed by atoms with Gasteiger partial charge in [-0.3, -0.25) is 14.8 Å². The van der Waals surface area contributed by atoms with Crippen LogP contribution in [0.15, 0.2) is 54.9 Å². The number of aryl methyl sites for hydroxylation is 2. The van der Waals surface area contributed by atoms with Gasteiger partial charge in [-0.1, -0.05) is 6.07 Å². The van der Waals surface area contributed by atoms with Crippen molar-refractivity contribution in [3.8, 4) is 17.9 Å². The second-order valence-corrected chi connectivity index (χ2v) is 9.80. The minimum absolute atomic E-state index is 0.0710. The molecule has 0 radical (unpaired) electrons. The number of pyridine rings is 2. The Bertz CT molecular complexity index is 1630. The van der Waals surface area contributed by atoms with Crippen LogP contribution >= 0.6 is 0 Å². The highest BCUT2D eigenvalue weighted by atomic mass is 16.5. The van der Waals surface area contributed by atoms with Crippen LogP contribution in [0.25, 0.3) is 10.9 Å². The smallest absolute Gasteiger partial charge is 0.224 e. The summed E-state index contributed by atoms with van der Waals surface area (Å²) in [6, 6.07) is 17.1. The number of hydrogen-bond acceptors (Lipinski definition) is 8. The second kappa shape index (κ2) is 12.7. The van der Waals surface area contributed by atoms with Crippen LogP contribution in [0.2, 0.25) is 0 Å². The molecule has 4 rings (SSSR count).